The second-order valence-corrected chi connectivity index (χ2v) is 6.56. The third-order valence-corrected chi connectivity index (χ3v) is 4.81. The first-order chi connectivity index (χ1) is 11.3. The van der Waals surface area contributed by atoms with E-state index in [1.54, 1.807) is 11.8 Å². The second-order valence-electron chi connectivity index (χ2n) is 5.53. The summed E-state index contributed by atoms with van der Waals surface area (Å²) < 4.78 is 11.9. The summed E-state index contributed by atoms with van der Waals surface area (Å²) in [5, 5.41) is 0. The van der Waals surface area contributed by atoms with E-state index >= 15 is 0 Å². The van der Waals surface area contributed by atoms with Crippen LogP contribution in [0.5, 0.6) is 0 Å². The number of rotatable bonds is 6. The first kappa shape index (κ1) is 16.2. The molecule has 0 bridgehead atoms. The highest BCUT2D eigenvalue weighted by molar-refractivity contribution is 8.00. The Morgan fingerprint density at radius 2 is 1.43 bits per heavy atom. The lowest BCUT2D eigenvalue weighted by atomic mass is 10.1. The Balaban J connectivity index is 1.59. The number of ketones is 1. The molecule has 0 aromatic heterocycles. The van der Waals surface area contributed by atoms with Crippen molar-refractivity contribution in [1.29, 1.82) is 0 Å². The van der Waals surface area contributed by atoms with Crippen LogP contribution in [0, 0.1) is 0 Å². The lowest BCUT2D eigenvalue weighted by molar-refractivity contribution is -0.141. The van der Waals surface area contributed by atoms with E-state index in [9.17, 15) is 4.79 Å². The van der Waals surface area contributed by atoms with Crippen LogP contribution in [0.2, 0.25) is 0 Å². The molecule has 1 aliphatic heterocycles. The van der Waals surface area contributed by atoms with E-state index in [2.05, 4.69) is 0 Å². The summed E-state index contributed by atoms with van der Waals surface area (Å²) in [5.41, 5.74) is 2.18. The Bertz CT molecular complexity index is 615. The number of hydrogen-bond acceptors (Lipinski definition) is 4. The number of benzene rings is 2. The quantitative estimate of drug-likeness (QED) is 0.813. The Morgan fingerprint density at radius 3 is 2.04 bits per heavy atom. The molecule has 2 atom stereocenters. The van der Waals surface area contributed by atoms with E-state index < -0.39 is 6.10 Å². The third-order valence-electron chi connectivity index (χ3n) is 3.76. The van der Waals surface area contributed by atoms with Gasteiger partial charge < -0.3 is 9.47 Å². The van der Waals surface area contributed by atoms with Crippen LogP contribution in [0.4, 0.5) is 0 Å². The molecule has 1 aliphatic rings. The molecule has 0 radical (unpaired) electrons. The van der Waals surface area contributed by atoms with Gasteiger partial charge in [0.2, 0.25) is 0 Å². The minimum atomic E-state index is -0.472. The lowest BCUT2D eigenvalue weighted by Gasteiger charge is -2.30. The molecule has 1 heterocycles. The average Bonchev–Trinajstić information content (AvgIpc) is 2.61. The van der Waals surface area contributed by atoms with Crippen LogP contribution in [-0.2, 0) is 27.5 Å². The molecule has 2 aromatic rings. The maximum atomic E-state index is 12.2. The van der Waals surface area contributed by atoms with Gasteiger partial charge in [-0.05, 0) is 11.1 Å². The molecule has 3 nitrogen and oxygen atoms in total. The Hall–Kier alpha value is -1.62. The standard InChI is InChI=1S/C19H20O3S/c20-17-13-23-14-18(21-11-15-7-3-1-4-8-15)19(17)22-12-16-9-5-2-6-10-16/h1-10,18-19H,11-14H2. The van der Waals surface area contributed by atoms with Crippen molar-refractivity contribution in [2.24, 2.45) is 0 Å². The van der Waals surface area contributed by atoms with E-state index in [4.69, 9.17) is 9.47 Å². The van der Waals surface area contributed by atoms with Gasteiger partial charge in [-0.15, -0.1) is 0 Å². The van der Waals surface area contributed by atoms with Gasteiger partial charge in [-0.3, -0.25) is 4.79 Å². The van der Waals surface area contributed by atoms with Crippen molar-refractivity contribution in [2.45, 2.75) is 25.4 Å². The normalized spacial score (nSPS) is 21.3. The van der Waals surface area contributed by atoms with Crippen LogP contribution < -0.4 is 0 Å². The van der Waals surface area contributed by atoms with E-state index in [0.29, 0.717) is 19.0 Å². The molecule has 3 rings (SSSR count). The van der Waals surface area contributed by atoms with Gasteiger partial charge in [0.15, 0.2) is 5.78 Å². The van der Waals surface area contributed by atoms with Gasteiger partial charge in [0, 0.05) is 5.75 Å². The topological polar surface area (TPSA) is 35.5 Å². The molecule has 2 aromatic carbocycles. The predicted octanol–water partition coefficient (Wildman–Crippen LogP) is 3.47. The molecule has 1 fully saturated rings. The van der Waals surface area contributed by atoms with Gasteiger partial charge in [-0.2, -0.15) is 11.8 Å². The molecular weight excluding hydrogens is 308 g/mol. The van der Waals surface area contributed by atoms with Gasteiger partial charge in [0.05, 0.1) is 19.0 Å². The molecule has 0 N–H and O–H groups in total. The summed E-state index contributed by atoms with van der Waals surface area (Å²) in [6.45, 7) is 0.942. The fourth-order valence-corrected chi connectivity index (χ4v) is 3.51. The van der Waals surface area contributed by atoms with Gasteiger partial charge in [0.25, 0.3) is 0 Å². The monoisotopic (exact) mass is 328 g/mol. The van der Waals surface area contributed by atoms with Crippen molar-refractivity contribution in [3.05, 3.63) is 71.8 Å². The molecular formula is C19H20O3S. The third kappa shape index (κ3) is 4.67. The zero-order valence-corrected chi connectivity index (χ0v) is 13.7. The summed E-state index contributed by atoms with van der Waals surface area (Å²) in [6, 6.07) is 19.9. The van der Waals surface area contributed by atoms with E-state index in [1.807, 2.05) is 60.7 Å². The highest BCUT2D eigenvalue weighted by Crippen LogP contribution is 2.22. The van der Waals surface area contributed by atoms with Crippen molar-refractivity contribution in [3.8, 4) is 0 Å². The Kier molecular flexibility index (Phi) is 5.86. The summed E-state index contributed by atoms with van der Waals surface area (Å²) in [7, 11) is 0. The SMILES string of the molecule is O=C1CSCC(OCc2ccccc2)C1OCc1ccccc1. The zero-order valence-electron chi connectivity index (χ0n) is 12.9. The maximum absolute atomic E-state index is 12.2. The van der Waals surface area contributed by atoms with Crippen molar-refractivity contribution in [3.63, 3.8) is 0 Å². The number of ether oxygens (including phenoxy) is 2. The number of thioether (sulfide) groups is 1. The minimum Gasteiger partial charge on any atom is -0.369 e. The van der Waals surface area contributed by atoms with Crippen molar-refractivity contribution in [2.75, 3.05) is 11.5 Å². The number of carbonyl (C=O) groups is 1. The van der Waals surface area contributed by atoms with Gasteiger partial charge in [-0.25, -0.2) is 0 Å². The first-order valence-corrected chi connectivity index (χ1v) is 8.90. The second kappa shape index (κ2) is 8.29. The fourth-order valence-electron chi connectivity index (χ4n) is 2.53. The highest BCUT2D eigenvalue weighted by atomic mass is 32.2. The van der Waals surface area contributed by atoms with Gasteiger partial charge in [0.1, 0.15) is 12.2 Å². The summed E-state index contributed by atoms with van der Waals surface area (Å²) in [6.07, 6.45) is -0.662. The predicted molar refractivity (Wildman–Crippen MR) is 92.4 cm³/mol. The number of carbonyl (C=O) groups excluding carboxylic acids is 1. The average molecular weight is 328 g/mol. The van der Waals surface area contributed by atoms with Crippen molar-refractivity contribution >= 4 is 17.5 Å². The molecule has 23 heavy (non-hydrogen) atoms. The first-order valence-electron chi connectivity index (χ1n) is 7.74. The number of Topliss-reactive ketones (excluding diaryl/α,β-unsaturated/α-hetero) is 1. The van der Waals surface area contributed by atoms with Crippen LogP contribution in [0.3, 0.4) is 0 Å². The largest absolute Gasteiger partial charge is 0.369 e. The van der Waals surface area contributed by atoms with Crippen molar-refractivity contribution < 1.29 is 14.3 Å². The minimum absolute atomic E-state index is 0.121. The molecule has 120 valence electrons. The van der Waals surface area contributed by atoms with Crippen LogP contribution in [0.25, 0.3) is 0 Å². The molecule has 0 spiro atoms. The van der Waals surface area contributed by atoms with Crippen LogP contribution in [-0.4, -0.2) is 29.5 Å². The molecule has 2 unspecified atom stereocenters. The molecule has 0 aliphatic carbocycles. The summed E-state index contributed by atoms with van der Waals surface area (Å²) in [4.78, 5) is 12.2. The number of hydrogen-bond donors (Lipinski definition) is 0. The summed E-state index contributed by atoms with van der Waals surface area (Å²) >= 11 is 1.62. The van der Waals surface area contributed by atoms with Gasteiger partial charge in [-0.1, -0.05) is 60.7 Å². The van der Waals surface area contributed by atoms with Crippen LogP contribution >= 0.6 is 11.8 Å². The van der Waals surface area contributed by atoms with E-state index in [1.165, 1.54) is 0 Å². The lowest BCUT2D eigenvalue weighted by Crippen LogP contribution is -2.44. The maximum Gasteiger partial charge on any atom is 0.174 e. The Morgan fingerprint density at radius 1 is 0.870 bits per heavy atom. The zero-order chi connectivity index (χ0) is 15.9. The fraction of sp³-hybridized carbons (Fsp3) is 0.316. The smallest absolute Gasteiger partial charge is 0.174 e. The summed E-state index contributed by atoms with van der Waals surface area (Å²) in [5.74, 6) is 1.41. The highest BCUT2D eigenvalue weighted by Gasteiger charge is 2.34. The van der Waals surface area contributed by atoms with Crippen LogP contribution in [0.15, 0.2) is 60.7 Å². The van der Waals surface area contributed by atoms with Crippen LogP contribution in [0.1, 0.15) is 11.1 Å². The van der Waals surface area contributed by atoms with E-state index in [0.717, 1.165) is 16.9 Å². The van der Waals surface area contributed by atoms with E-state index in [-0.39, 0.29) is 11.9 Å². The molecule has 0 amide bonds. The molecule has 1 saturated heterocycles. The molecule has 4 heteroatoms. The van der Waals surface area contributed by atoms with Crippen molar-refractivity contribution in [1.82, 2.24) is 0 Å². The van der Waals surface area contributed by atoms with Gasteiger partial charge >= 0.3 is 0 Å². The molecule has 0 saturated carbocycles. The Labute approximate surface area is 141 Å².